The Balaban J connectivity index is 2.11. The second-order valence-corrected chi connectivity index (χ2v) is 4.58. The van der Waals surface area contributed by atoms with E-state index in [4.69, 9.17) is 5.73 Å². The van der Waals surface area contributed by atoms with Gasteiger partial charge >= 0.3 is 0 Å². The first-order valence-corrected chi connectivity index (χ1v) is 6.00. The summed E-state index contributed by atoms with van der Waals surface area (Å²) in [7, 11) is 0. The van der Waals surface area contributed by atoms with Gasteiger partial charge < -0.3 is 10.6 Å². The van der Waals surface area contributed by atoms with Gasteiger partial charge in [-0.3, -0.25) is 0 Å². The molecule has 3 heteroatoms. The van der Waals surface area contributed by atoms with Crippen molar-refractivity contribution in [3.8, 4) is 0 Å². The van der Waals surface area contributed by atoms with Gasteiger partial charge in [-0.25, -0.2) is 4.39 Å². The summed E-state index contributed by atoms with van der Waals surface area (Å²) in [5, 5.41) is 0. The van der Waals surface area contributed by atoms with Crippen LogP contribution >= 0.6 is 0 Å². The Morgan fingerprint density at radius 2 is 2.12 bits per heavy atom. The predicted molar refractivity (Wildman–Crippen MR) is 66.0 cm³/mol. The minimum Gasteiger partial charge on any atom is -0.399 e. The zero-order valence-electron chi connectivity index (χ0n) is 9.75. The Morgan fingerprint density at radius 1 is 1.38 bits per heavy atom. The standard InChI is InChI=1S/C13H19FN2/c1-2-16(9-10-4-3-5-10)13-7-11(14)6-12(15)8-13/h6-8,10H,2-5,9,15H2,1H3. The summed E-state index contributed by atoms with van der Waals surface area (Å²) in [5.74, 6) is 0.534. The van der Waals surface area contributed by atoms with E-state index in [1.165, 1.54) is 25.3 Å². The number of nitrogens with zero attached hydrogens (tertiary/aromatic N) is 1. The third-order valence-electron chi connectivity index (χ3n) is 3.36. The third-order valence-corrected chi connectivity index (χ3v) is 3.36. The van der Waals surface area contributed by atoms with E-state index in [9.17, 15) is 4.39 Å². The molecule has 2 rings (SSSR count). The van der Waals surface area contributed by atoms with Crippen LogP contribution in [0.1, 0.15) is 26.2 Å². The van der Waals surface area contributed by atoms with Gasteiger partial charge in [0.05, 0.1) is 0 Å². The van der Waals surface area contributed by atoms with Crippen molar-refractivity contribution in [3.05, 3.63) is 24.0 Å². The fourth-order valence-electron chi connectivity index (χ4n) is 2.18. The molecular formula is C13H19FN2. The van der Waals surface area contributed by atoms with Crippen LogP contribution in [0.3, 0.4) is 0 Å². The van der Waals surface area contributed by atoms with Gasteiger partial charge in [0.1, 0.15) is 5.82 Å². The van der Waals surface area contributed by atoms with E-state index in [1.54, 1.807) is 6.07 Å². The Labute approximate surface area is 96.2 Å². The molecule has 0 aliphatic heterocycles. The predicted octanol–water partition coefficient (Wildman–Crippen LogP) is 3.03. The molecule has 2 N–H and O–H groups in total. The van der Waals surface area contributed by atoms with Crippen molar-refractivity contribution in [2.75, 3.05) is 23.7 Å². The molecule has 16 heavy (non-hydrogen) atoms. The first kappa shape index (κ1) is 11.2. The van der Waals surface area contributed by atoms with Crippen molar-refractivity contribution < 1.29 is 4.39 Å². The van der Waals surface area contributed by atoms with Gasteiger partial charge in [0.15, 0.2) is 0 Å². The molecule has 1 aliphatic rings. The SMILES string of the molecule is CCN(CC1CCC1)c1cc(N)cc(F)c1. The molecule has 1 aromatic rings. The average Bonchev–Trinajstić information content (AvgIpc) is 2.14. The Kier molecular flexibility index (Phi) is 3.32. The Bertz CT molecular complexity index is 341. The number of hydrogen-bond donors (Lipinski definition) is 1. The van der Waals surface area contributed by atoms with Crippen molar-refractivity contribution >= 4 is 11.4 Å². The highest BCUT2D eigenvalue weighted by molar-refractivity contribution is 5.56. The van der Waals surface area contributed by atoms with Crippen LogP contribution < -0.4 is 10.6 Å². The molecule has 0 radical (unpaired) electrons. The monoisotopic (exact) mass is 222 g/mol. The molecular weight excluding hydrogens is 203 g/mol. The smallest absolute Gasteiger partial charge is 0.127 e. The fraction of sp³-hybridized carbons (Fsp3) is 0.538. The maximum atomic E-state index is 13.3. The van der Waals surface area contributed by atoms with E-state index in [2.05, 4.69) is 11.8 Å². The average molecular weight is 222 g/mol. The molecule has 0 bridgehead atoms. The third kappa shape index (κ3) is 2.46. The molecule has 0 spiro atoms. The summed E-state index contributed by atoms with van der Waals surface area (Å²) in [5.41, 5.74) is 7.07. The molecule has 1 saturated carbocycles. The largest absolute Gasteiger partial charge is 0.399 e. The van der Waals surface area contributed by atoms with Gasteiger partial charge in [-0.05, 0) is 43.9 Å². The van der Waals surface area contributed by atoms with E-state index in [-0.39, 0.29) is 5.82 Å². The summed E-state index contributed by atoms with van der Waals surface area (Å²) in [6.45, 7) is 4.03. The van der Waals surface area contributed by atoms with Crippen LogP contribution in [0.25, 0.3) is 0 Å². The zero-order valence-corrected chi connectivity index (χ0v) is 9.75. The maximum absolute atomic E-state index is 13.3. The van der Waals surface area contributed by atoms with E-state index in [1.807, 2.05) is 6.07 Å². The highest BCUT2D eigenvalue weighted by Gasteiger charge is 2.20. The Morgan fingerprint density at radius 3 is 2.62 bits per heavy atom. The summed E-state index contributed by atoms with van der Waals surface area (Å²) < 4.78 is 13.3. The summed E-state index contributed by atoms with van der Waals surface area (Å²) >= 11 is 0. The van der Waals surface area contributed by atoms with E-state index >= 15 is 0 Å². The number of halogens is 1. The zero-order chi connectivity index (χ0) is 11.5. The van der Waals surface area contributed by atoms with Gasteiger partial charge in [0.2, 0.25) is 0 Å². The van der Waals surface area contributed by atoms with Crippen LogP contribution in [0.5, 0.6) is 0 Å². The second kappa shape index (κ2) is 4.73. The normalized spacial score (nSPS) is 15.9. The number of nitrogen functional groups attached to an aromatic ring is 1. The van der Waals surface area contributed by atoms with Crippen LogP contribution in [-0.4, -0.2) is 13.1 Å². The lowest BCUT2D eigenvalue weighted by atomic mass is 9.85. The number of benzene rings is 1. The minimum atomic E-state index is -0.248. The van der Waals surface area contributed by atoms with Crippen LogP contribution in [0.4, 0.5) is 15.8 Å². The lowest BCUT2D eigenvalue weighted by Crippen LogP contribution is -2.32. The van der Waals surface area contributed by atoms with Crippen molar-refractivity contribution in [1.29, 1.82) is 0 Å². The van der Waals surface area contributed by atoms with Crippen LogP contribution in [-0.2, 0) is 0 Å². The second-order valence-electron chi connectivity index (χ2n) is 4.58. The van der Waals surface area contributed by atoms with Crippen molar-refractivity contribution in [2.24, 2.45) is 5.92 Å². The van der Waals surface area contributed by atoms with Crippen LogP contribution in [0.2, 0.25) is 0 Å². The molecule has 0 saturated heterocycles. The highest BCUT2D eigenvalue weighted by Crippen LogP contribution is 2.29. The van der Waals surface area contributed by atoms with E-state index < -0.39 is 0 Å². The van der Waals surface area contributed by atoms with Crippen LogP contribution in [0.15, 0.2) is 18.2 Å². The molecule has 0 aromatic heterocycles. The minimum absolute atomic E-state index is 0.248. The van der Waals surface area contributed by atoms with E-state index in [0.29, 0.717) is 5.69 Å². The molecule has 2 nitrogen and oxygen atoms in total. The molecule has 0 unspecified atom stereocenters. The summed E-state index contributed by atoms with van der Waals surface area (Å²) in [6, 6.07) is 4.78. The van der Waals surface area contributed by atoms with Gasteiger partial charge in [0.25, 0.3) is 0 Å². The lowest BCUT2D eigenvalue weighted by molar-refractivity contribution is 0.318. The molecule has 1 fully saturated rings. The first-order valence-electron chi connectivity index (χ1n) is 6.00. The van der Waals surface area contributed by atoms with Gasteiger partial charge in [-0.15, -0.1) is 0 Å². The van der Waals surface area contributed by atoms with Gasteiger partial charge in [-0.2, -0.15) is 0 Å². The number of anilines is 2. The number of hydrogen-bond acceptors (Lipinski definition) is 2. The van der Waals surface area contributed by atoms with Crippen molar-refractivity contribution in [3.63, 3.8) is 0 Å². The molecule has 0 atom stereocenters. The molecule has 1 aliphatic carbocycles. The fourth-order valence-corrected chi connectivity index (χ4v) is 2.18. The lowest BCUT2D eigenvalue weighted by Gasteiger charge is -2.33. The van der Waals surface area contributed by atoms with Crippen molar-refractivity contribution in [1.82, 2.24) is 0 Å². The molecule has 1 aromatic carbocycles. The quantitative estimate of drug-likeness (QED) is 0.793. The number of rotatable bonds is 4. The highest BCUT2D eigenvalue weighted by atomic mass is 19.1. The topological polar surface area (TPSA) is 29.3 Å². The molecule has 88 valence electrons. The van der Waals surface area contributed by atoms with E-state index in [0.717, 1.165) is 24.7 Å². The maximum Gasteiger partial charge on any atom is 0.127 e. The van der Waals surface area contributed by atoms with Gasteiger partial charge in [0, 0.05) is 24.5 Å². The van der Waals surface area contributed by atoms with Crippen LogP contribution in [0, 0.1) is 11.7 Å². The Hall–Kier alpha value is -1.25. The molecule has 0 amide bonds. The molecule has 0 heterocycles. The summed E-state index contributed by atoms with van der Waals surface area (Å²) in [4.78, 5) is 2.21. The van der Waals surface area contributed by atoms with Gasteiger partial charge in [-0.1, -0.05) is 6.42 Å². The first-order chi connectivity index (χ1) is 7.69. The summed E-state index contributed by atoms with van der Waals surface area (Å²) in [6.07, 6.45) is 3.95. The number of nitrogens with two attached hydrogens (primary N) is 1. The van der Waals surface area contributed by atoms with Crippen molar-refractivity contribution in [2.45, 2.75) is 26.2 Å².